The van der Waals surface area contributed by atoms with Gasteiger partial charge < -0.3 is 10.4 Å². The highest BCUT2D eigenvalue weighted by Crippen LogP contribution is 2.41. The number of hydrogen-bond donors (Lipinski definition) is 2. The summed E-state index contributed by atoms with van der Waals surface area (Å²) in [6.45, 7) is 1.88. The molecular weight excluding hydrogens is 425 g/mol. The van der Waals surface area contributed by atoms with Crippen molar-refractivity contribution in [1.82, 2.24) is 0 Å². The summed E-state index contributed by atoms with van der Waals surface area (Å²) in [5, 5.41) is 11.9. The predicted molar refractivity (Wildman–Crippen MR) is 110 cm³/mol. The third kappa shape index (κ3) is 4.61. The molecule has 0 bridgehead atoms. The molecule has 2 aromatic carbocycles. The summed E-state index contributed by atoms with van der Waals surface area (Å²) in [5.74, 6) is -1.57. The maximum atomic E-state index is 14.1. The first kappa shape index (κ1) is 20.5. The van der Waals surface area contributed by atoms with Gasteiger partial charge >= 0.3 is 5.97 Å². The zero-order valence-electron chi connectivity index (χ0n) is 15.7. The van der Waals surface area contributed by atoms with E-state index in [1.54, 1.807) is 12.1 Å². The zero-order chi connectivity index (χ0) is 20.3. The fraction of sp³-hybridized carbons (Fsp3) is 0.364. The molecule has 28 heavy (non-hydrogen) atoms. The smallest absolute Gasteiger partial charge is 0.303 e. The first-order valence-corrected chi connectivity index (χ1v) is 10.2. The van der Waals surface area contributed by atoms with Gasteiger partial charge in [0.2, 0.25) is 5.91 Å². The van der Waals surface area contributed by atoms with E-state index in [4.69, 9.17) is 5.11 Å². The Hall–Kier alpha value is -2.21. The molecule has 0 heterocycles. The van der Waals surface area contributed by atoms with Gasteiger partial charge in [0.25, 0.3) is 0 Å². The number of amides is 1. The number of halogens is 2. The molecule has 1 aliphatic rings. The van der Waals surface area contributed by atoms with Gasteiger partial charge in [0.15, 0.2) is 0 Å². The average Bonchev–Trinajstić information content (AvgIpc) is 2.61. The van der Waals surface area contributed by atoms with Crippen LogP contribution in [-0.2, 0) is 16.0 Å². The topological polar surface area (TPSA) is 66.4 Å². The third-order valence-electron chi connectivity index (χ3n) is 5.52. The van der Waals surface area contributed by atoms with Crippen molar-refractivity contribution >= 4 is 33.5 Å². The van der Waals surface area contributed by atoms with Crippen LogP contribution in [-0.4, -0.2) is 17.0 Å². The van der Waals surface area contributed by atoms with Crippen molar-refractivity contribution in [1.29, 1.82) is 0 Å². The quantitative estimate of drug-likeness (QED) is 0.593. The number of anilines is 1. The molecule has 4 nitrogen and oxygen atoms in total. The van der Waals surface area contributed by atoms with Crippen LogP contribution in [0.25, 0.3) is 0 Å². The number of aryl methyl sites for hydroxylation is 1. The second-order valence-electron chi connectivity index (χ2n) is 7.31. The normalized spacial score (nSPS) is 15.0. The van der Waals surface area contributed by atoms with Crippen LogP contribution in [0.1, 0.15) is 48.3 Å². The first-order chi connectivity index (χ1) is 13.4. The van der Waals surface area contributed by atoms with Crippen LogP contribution in [0.3, 0.4) is 0 Å². The van der Waals surface area contributed by atoms with Crippen LogP contribution in [0.5, 0.6) is 0 Å². The summed E-state index contributed by atoms with van der Waals surface area (Å²) in [7, 11) is 0. The summed E-state index contributed by atoms with van der Waals surface area (Å²) in [5.41, 5.74) is 3.12. The monoisotopic (exact) mass is 447 g/mol. The van der Waals surface area contributed by atoms with Crippen molar-refractivity contribution in [2.75, 3.05) is 5.32 Å². The third-order valence-corrected chi connectivity index (χ3v) is 6.16. The number of aliphatic carboxylic acids is 1. The maximum Gasteiger partial charge on any atom is 0.303 e. The molecule has 0 aliphatic heterocycles. The highest BCUT2D eigenvalue weighted by Gasteiger charge is 2.34. The van der Waals surface area contributed by atoms with Gasteiger partial charge in [0, 0.05) is 12.1 Å². The second-order valence-corrected chi connectivity index (χ2v) is 8.17. The fourth-order valence-electron chi connectivity index (χ4n) is 3.66. The highest BCUT2D eigenvalue weighted by atomic mass is 79.9. The van der Waals surface area contributed by atoms with Gasteiger partial charge in [-0.2, -0.15) is 0 Å². The average molecular weight is 448 g/mol. The van der Waals surface area contributed by atoms with Crippen molar-refractivity contribution < 1.29 is 19.1 Å². The Kier molecular flexibility index (Phi) is 6.50. The Morgan fingerprint density at radius 1 is 1.29 bits per heavy atom. The molecule has 1 atom stereocenters. The van der Waals surface area contributed by atoms with E-state index in [1.807, 2.05) is 25.1 Å². The van der Waals surface area contributed by atoms with Gasteiger partial charge in [-0.25, -0.2) is 4.39 Å². The van der Waals surface area contributed by atoms with Crippen LogP contribution < -0.4 is 5.32 Å². The van der Waals surface area contributed by atoms with Crippen molar-refractivity contribution in [2.45, 2.75) is 44.9 Å². The number of benzene rings is 2. The van der Waals surface area contributed by atoms with Crippen LogP contribution >= 0.6 is 15.9 Å². The van der Waals surface area contributed by atoms with E-state index in [0.717, 1.165) is 30.4 Å². The van der Waals surface area contributed by atoms with E-state index in [1.165, 1.54) is 6.07 Å². The van der Waals surface area contributed by atoms with Gasteiger partial charge in [-0.05, 0) is 82.9 Å². The molecule has 3 rings (SSSR count). The zero-order valence-corrected chi connectivity index (χ0v) is 17.3. The maximum absolute atomic E-state index is 14.1. The van der Waals surface area contributed by atoms with Crippen LogP contribution in [0.4, 0.5) is 10.1 Å². The Labute approximate surface area is 172 Å². The summed E-state index contributed by atoms with van der Waals surface area (Å²) < 4.78 is 14.4. The highest BCUT2D eigenvalue weighted by molar-refractivity contribution is 9.10. The predicted octanol–water partition coefficient (Wildman–Crippen LogP) is 5.44. The van der Waals surface area contributed by atoms with Gasteiger partial charge in [-0.3, -0.25) is 9.59 Å². The largest absolute Gasteiger partial charge is 0.481 e. The lowest BCUT2D eigenvalue weighted by Gasteiger charge is -2.33. The Morgan fingerprint density at radius 2 is 2.04 bits per heavy atom. The SMILES string of the molecule is Cc1c(CCC(=O)O)cccc1NC(=O)C(c1ccc(Br)c(F)c1)C1CCC1. The van der Waals surface area contributed by atoms with E-state index < -0.39 is 11.9 Å². The lowest BCUT2D eigenvalue weighted by atomic mass is 9.72. The molecule has 1 fully saturated rings. The lowest BCUT2D eigenvalue weighted by Crippen LogP contribution is -2.31. The van der Waals surface area contributed by atoms with Gasteiger partial charge in [0.05, 0.1) is 10.4 Å². The minimum atomic E-state index is -0.851. The molecule has 1 aliphatic carbocycles. The van der Waals surface area contributed by atoms with E-state index in [0.29, 0.717) is 22.1 Å². The molecule has 6 heteroatoms. The molecule has 0 spiro atoms. The van der Waals surface area contributed by atoms with E-state index >= 15 is 0 Å². The molecular formula is C22H23BrFNO3. The number of hydrogen-bond acceptors (Lipinski definition) is 2. The lowest BCUT2D eigenvalue weighted by molar-refractivity contribution is -0.137. The van der Waals surface area contributed by atoms with Crippen molar-refractivity contribution in [2.24, 2.45) is 5.92 Å². The minimum Gasteiger partial charge on any atom is -0.481 e. The molecule has 1 unspecified atom stereocenters. The molecule has 0 radical (unpaired) electrons. The number of rotatable bonds is 7. The Morgan fingerprint density at radius 3 is 2.64 bits per heavy atom. The number of carbonyl (C=O) groups excluding carboxylic acids is 1. The van der Waals surface area contributed by atoms with Crippen molar-refractivity contribution in [3.63, 3.8) is 0 Å². The number of carboxylic acid groups (broad SMARTS) is 1. The fourth-order valence-corrected chi connectivity index (χ4v) is 3.91. The first-order valence-electron chi connectivity index (χ1n) is 9.43. The standard InChI is InChI=1S/C22H23BrFNO3/c1-13-14(9-11-20(26)27)4-3-7-19(13)25-22(28)21(15-5-2-6-15)16-8-10-17(23)18(24)12-16/h3-4,7-8,10,12,15,21H,2,5-6,9,11H2,1H3,(H,25,28)(H,26,27). The minimum absolute atomic E-state index is 0.0428. The van der Waals surface area contributed by atoms with Crippen LogP contribution in [0.15, 0.2) is 40.9 Å². The summed E-state index contributed by atoms with van der Waals surface area (Å²) >= 11 is 3.16. The number of nitrogens with one attached hydrogen (secondary N) is 1. The number of carboxylic acids is 1. The molecule has 2 aromatic rings. The molecule has 148 valence electrons. The van der Waals surface area contributed by atoms with Crippen molar-refractivity contribution in [3.05, 3.63) is 63.4 Å². The van der Waals surface area contributed by atoms with Gasteiger partial charge in [-0.1, -0.05) is 24.6 Å². The summed E-state index contributed by atoms with van der Waals surface area (Å²) in [6.07, 6.45) is 3.44. The molecule has 2 N–H and O–H groups in total. The molecule has 1 amide bonds. The van der Waals surface area contributed by atoms with Gasteiger partial charge in [0.1, 0.15) is 5.82 Å². The second kappa shape index (κ2) is 8.86. The van der Waals surface area contributed by atoms with Crippen molar-refractivity contribution in [3.8, 4) is 0 Å². The number of carbonyl (C=O) groups is 2. The van der Waals surface area contributed by atoms with Crippen LogP contribution in [0.2, 0.25) is 0 Å². The summed E-state index contributed by atoms with van der Waals surface area (Å²) in [6, 6.07) is 10.4. The van der Waals surface area contributed by atoms with E-state index in [-0.39, 0.29) is 24.1 Å². The summed E-state index contributed by atoms with van der Waals surface area (Å²) in [4.78, 5) is 24.0. The molecule has 0 aromatic heterocycles. The van der Waals surface area contributed by atoms with E-state index in [2.05, 4.69) is 21.2 Å². The molecule has 0 saturated heterocycles. The Balaban J connectivity index is 1.83. The van der Waals surface area contributed by atoms with E-state index in [9.17, 15) is 14.0 Å². The van der Waals surface area contributed by atoms with Gasteiger partial charge in [-0.15, -0.1) is 0 Å². The molecule has 1 saturated carbocycles. The van der Waals surface area contributed by atoms with Crippen LogP contribution in [0, 0.1) is 18.7 Å². The Bertz CT molecular complexity index is 895.